The third-order valence-corrected chi connectivity index (χ3v) is 2.98. The van der Waals surface area contributed by atoms with Crippen LogP contribution in [0.3, 0.4) is 0 Å². The monoisotopic (exact) mass is 285 g/mol. The molecule has 1 N–H and O–H groups in total. The molecule has 0 aromatic heterocycles. The zero-order valence-corrected chi connectivity index (χ0v) is 12.2. The summed E-state index contributed by atoms with van der Waals surface area (Å²) in [6, 6.07) is 16.6. The smallest absolute Gasteiger partial charge is 0.338 e. The molecular formula is C17H19NO3. The number of methoxy groups -OCH3 is 1. The Kier molecular flexibility index (Phi) is 5.21. The number of carbonyl (C=O) groups is 1. The lowest BCUT2D eigenvalue weighted by Crippen LogP contribution is -2.23. The summed E-state index contributed by atoms with van der Waals surface area (Å²) in [7, 11) is 1.63. The van der Waals surface area contributed by atoms with Crippen LogP contribution in [0, 0.1) is 0 Å². The summed E-state index contributed by atoms with van der Waals surface area (Å²) in [6.45, 7) is 2.27. The van der Waals surface area contributed by atoms with Crippen LogP contribution < -0.4 is 10.1 Å². The Labute approximate surface area is 124 Å². The Bertz CT molecular complexity index is 566. The minimum absolute atomic E-state index is 0.0195. The van der Waals surface area contributed by atoms with Crippen LogP contribution in [-0.2, 0) is 4.74 Å². The summed E-state index contributed by atoms with van der Waals surface area (Å²) < 4.78 is 10.4. The van der Waals surface area contributed by atoms with Crippen molar-refractivity contribution in [3.05, 3.63) is 60.2 Å². The molecule has 0 aliphatic carbocycles. The van der Waals surface area contributed by atoms with E-state index in [9.17, 15) is 4.79 Å². The quantitative estimate of drug-likeness (QED) is 0.827. The SMILES string of the molecule is COc1ccc(N[C@H](C)COC(=O)c2ccccc2)cc1. The maximum absolute atomic E-state index is 11.8. The zero-order chi connectivity index (χ0) is 15.1. The fraction of sp³-hybridized carbons (Fsp3) is 0.235. The van der Waals surface area contributed by atoms with E-state index in [0.29, 0.717) is 12.2 Å². The highest BCUT2D eigenvalue weighted by Crippen LogP contribution is 2.15. The molecule has 2 rings (SSSR count). The molecule has 2 aromatic carbocycles. The molecule has 0 aliphatic rings. The van der Waals surface area contributed by atoms with Crippen molar-refractivity contribution in [3.8, 4) is 5.75 Å². The molecule has 110 valence electrons. The highest BCUT2D eigenvalue weighted by Gasteiger charge is 2.09. The van der Waals surface area contributed by atoms with Crippen molar-refractivity contribution in [2.75, 3.05) is 19.0 Å². The topological polar surface area (TPSA) is 47.6 Å². The molecule has 4 nitrogen and oxygen atoms in total. The number of rotatable bonds is 6. The first kappa shape index (κ1) is 14.9. The van der Waals surface area contributed by atoms with E-state index in [4.69, 9.17) is 9.47 Å². The Morgan fingerprint density at radius 2 is 1.76 bits per heavy atom. The molecule has 0 aliphatic heterocycles. The lowest BCUT2D eigenvalue weighted by molar-refractivity contribution is 0.0494. The van der Waals surface area contributed by atoms with Crippen LogP contribution >= 0.6 is 0 Å². The molecule has 0 spiro atoms. The van der Waals surface area contributed by atoms with E-state index in [1.165, 1.54) is 0 Å². The molecule has 0 fully saturated rings. The Morgan fingerprint density at radius 3 is 2.38 bits per heavy atom. The van der Waals surface area contributed by atoms with Crippen molar-refractivity contribution >= 4 is 11.7 Å². The summed E-state index contributed by atoms with van der Waals surface area (Å²) in [4.78, 5) is 11.8. The average Bonchev–Trinajstić information content (AvgIpc) is 2.54. The maximum atomic E-state index is 11.8. The van der Waals surface area contributed by atoms with Gasteiger partial charge in [0.05, 0.1) is 18.7 Å². The molecule has 0 radical (unpaired) electrons. The molecule has 21 heavy (non-hydrogen) atoms. The third-order valence-electron chi connectivity index (χ3n) is 2.98. The number of carbonyl (C=O) groups excluding carboxylic acids is 1. The van der Waals surface area contributed by atoms with Crippen LogP contribution in [0.15, 0.2) is 54.6 Å². The van der Waals surface area contributed by atoms with Crippen molar-refractivity contribution in [2.45, 2.75) is 13.0 Å². The first-order valence-electron chi connectivity index (χ1n) is 6.82. The minimum atomic E-state index is -0.306. The highest BCUT2D eigenvalue weighted by atomic mass is 16.5. The molecule has 4 heteroatoms. The third kappa shape index (κ3) is 4.53. The number of nitrogens with one attached hydrogen (secondary N) is 1. The molecule has 0 saturated heterocycles. The van der Waals surface area contributed by atoms with Gasteiger partial charge in [0.25, 0.3) is 0 Å². The number of ether oxygens (including phenoxy) is 2. The van der Waals surface area contributed by atoms with Crippen LogP contribution in [-0.4, -0.2) is 25.7 Å². The Balaban J connectivity index is 1.81. The number of benzene rings is 2. The standard InChI is InChI=1S/C17H19NO3/c1-13(18-15-8-10-16(20-2)11-9-15)12-21-17(19)14-6-4-3-5-7-14/h3-11,13,18H,12H2,1-2H3/t13-/m1/s1. The van der Waals surface area contributed by atoms with Crippen molar-refractivity contribution in [3.63, 3.8) is 0 Å². The summed E-state index contributed by atoms with van der Waals surface area (Å²) >= 11 is 0. The van der Waals surface area contributed by atoms with Gasteiger partial charge in [-0.15, -0.1) is 0 Å². The van der Waals surface area contributed by atoms with E-state index in [1.807, 2.05) is 49.4 Å². The van der Waals surface area contributed by atoms with Gasteiger partial charge in [0, 0.05) is 5.69 Å². The fourth-order valence-electron chi connectivity index (χ4n) is 1.87. The normalized spacial score (nSPS) is 11.5. The van der Waals surface area contributed by atoms with Gasteiger partial charge in [-0.25, -0.2) is 4.79 Å². The van der Waals surface area contributed by atoms with Crippen molar-refractivity contribution in [1.82, 2.24) is 0 Å². The molecule has 0 saturated carbocycles. The van der Waals surface area contributed by atoms with Gasteiger partial charge in [-0.1, -0.05) is 18.2 Å². The van der Waals surface area contributed by atoms with Gasteiger partial charge in [0.2, 0.25) is 0 Å². The van der Waals surface area contributed by atoms with Crippen molar-refractivity contribution in [1.29, 1.82) is 0 Å². The first-order chi connectivity index (χ1) is 10.2. The van der Waals surface area contributed by atoms with E-state index in [-0.39, 0.29) is 12.0 Å². The predicted molar refractivity (Wildman–Crippen MR) is 82.8 cm³/mol. The van der Waals surface area contributed by atoms with Crippen molar-refractivity contribution in [2.24, 2.45) is 0 Å². The highest BCUT2D eigenvalue weighted by molar-refractivity contribution is 5.89. The van der Waals surface area contributed by atoms with Crippen molar-refractivity contribution < 1.29 is 14.3 Å². The van der Waals surface area contributed by atoms with Gasteiger partial charge >= 0.3 is 5.97 Å². The lowest BCUT2D eigenvalue weighted by atomic mass is 10.2. The molecule has 0 unspecified atom stereocenters. The van der Waals surface area contributed by atoms with Gasteiger partial charge in [-0.3, -0.25) is 0 Å². The second-order valence-corrected chi connectivity index (χ2v) is 4.74. The average molecular weight is 285 g/mol. The van der Waals surface area contributed by atoms with E-state index < -0.39 is 0 Å². The Hall–Kier alpha value is -2.49. The molecule has 0 amide bonds. The maximum Gasteiger partial charge on any atom is 0.338 e. The number of hydrogen-bond acceptors (Lipinski definition) is 4. The minimum Gasteiger partial charge on any atom is -0.497 e. The van der Waals surface area contributed by atoms with Crippen LogP contribution in [0.4, 0.5) is 5.69 Å². The second kappa shape index (κ2) is 7.33. The van der Waals surface area contributed by atoms with Crippen LogP contribution in [0.25, 0.3) is 0 Å². The molecule has 0 bridgehead atoms. The zero-order valence-electron chi connectivity index (χ0n) is 12.2. The van der Waals surface area contributed by atoms with Crippen LogP contribution in [0.5, 0.6) is 5.75 Å². The molecule has 0 heterocycles. The fourth-order valence-corrected chi connectivity index (χ4v) is 1.87. The first-order valence-corrected chi connectivity index (χ1v) is 6.82. The summed E-state index contributed by atoms with van der Waals surface area (Å²) in [5.41, 5.74) is 1.52. The molecule has 2 aromatic rings. The Morgan fingerprint density at radius 1 is 1.10 bits per heavy atom. The van der Waals surface area contributed by atoms with Gasteiger partial charge in [0.15, 0.2) is 0 Å². The second-order valence-electron chi connectivity index (χ2n) is 4.74. The van der Waals surface area contributed by atoms with E-state index >= 15 is 0 Å². The number of esters is 1. The summed E-state index contributed by atoms with van der Waals surface area (Å²) in [6.07, 6.45) is 0. The van der Waals surface area contributed by atoms with Crippen LogP contribution in [0.2, 0.25) is 0 Å². The number of hydrogen-bond donors (Lipinski definition) is 1. The summed E-state index contributed by atoms with van der Waals surface area (Å²) in [5, 5.41) is 3.27. The predicted octanol–water partition coefficient (Wildman–Crippen LogP) is 3.35. The van der Waals surface area contributed by atoms with Crippen LogP contribution in [0.1, 0.15) is 17.3 Å². The largest absolute Gasteiger partial charge is 0.497 e. The van der Waals surface area contributed by atoms with Gasteiger partial charge in [-0.05, 0) is 43.3 Å². The summed E-state index contributed by atoms with van der Waals surface area (Å²) in [5.74, 6) is 0.502. The molecule has 1 atom stereocenters. The van der Waals surface area contributed by atoms with Gasteiger partial charge in [-0.2, -0.15) is 0 Å². The molecular weight excluding hydrogens is 266 g/mol. The van der Waals surface area contributed by atoms with Gasteiger partial charge < -0.3 is 14.8 Å². The number of anilines is 1. The van der Waals surface area contributed by atoms with E-state index in [2.05, 4.69) is 5.32 Å². The van der Waals surface area contributed by atoms with E-state index in [0.717, 1.165) is 11.4 Å². The van der Waals surface area contributed by atoms with Gasteiger partial charge in [0.1, 0.15) is 12.4 Å². The lowest BCUT2D eigenvalue weighted by Gasteiger charge is -2.15. The van der Waals surface area contributed by atoms with E-state index in [1.54, 1.807) is 19.2 Å².